The van der Waals surface area contributed by atoms with Gasteiger partial charge in [-0.05, 0) is 35.6 Å². The lowest BCUT2D eigenvalue weighted by Gasteiger charge is -2.35. The number of carbonyl (C=O) groups is 1. The van der Waals surface area contributed by atoms with Gasteiger partial charge < -0.3 is 10.2 Å². The van der Waals surface area contributed by atoms with Crippen LogP contribution in [0.4, 0.5) is 24.7 Å². The zero-order chi connectivity index (χ0) is 27.4. The van der Waals surface area contributed by atoms with Gasteiger partial charge in [0, 0.05) is 31.9 Å². The van der Waals surface area contributed by atoms with E-state index in [9.17, 15) is 22.8 Å². The van der Waals surface area contributed by atoms with Crippen LogP contribution in [0.5, 0.6) is 0 Å². The number of imidazole rings is 1. The molecule has 0 aliphatic carbocycles. The van der Waals surface area contributed by atoms with Gasteiger partial charge in [0.2, 0.25) is 0 Å². The van der Waals surface area contributed by atoms with E-state index in [-0.39, 0.29) is 16.8 Å². The number of alkyl halides is 3. The topological polar surface area (TPSA) is 101 Å². The molecule has 0 spiro atoms. The second kappa shape index (κ2) is 9.03. The van der Waals surface area contributed by atoms with Crippen LogP contribution in [0.25, 0.3) is 11.2 Å². The summed E-state index contributed by atoms with van der Waals surface area (Å²) in [6, 6.07) is 11.7. The number of aromatic amines is 1. The van der Waals surface area contributed by atoms with Gasteiger partial charge in [-0.1, -0.05) is 39.0 Å². The molecule has 0 saturated heterocycles. The zero-order valence-electron chi connectivity index (χ0n) is 21.4. The summed E-state index contributed by atoms with van der Waals surface area (Å²) in [5, 5.41) is 8.21. The van der Waals surface area contributed by atoms with E-state index in [2.05, 4.69) is 31.2 Å². The third kappa shape index (κ3) is 4.77. The predicted molar refractivity (Wildman–Crippen MR) is 136 cm³/mol. The third-order valence-corrected chi connectivity index (χ3v) is 6.48. The predicted octanol–water partition coefficient (Wildman–Crippen LogP) is 4.02. The molecule has 4 heterocycles. The van der Waals surface area contributed by atoms with Crippen molar-refractivity contribution in [3.63, 3.8) is 0 Å². The number of pyridine rings is 1. The SMILES string of the molecule is Cn1c(=O)n(CC(C)(C)C)c2ccc(N3CC(NC(=O)c4cc(C(F)(F)F)[nH]n4)Cc4ccccc43)nc21. The number of hydrogen-bond acceptors (Lipinski definition) is 5. The molecule has 2 N–H and O–H groups in total. The minimum Gasteiger partial charge on any atom is -0.346 e. The molecule has 1 unspecified atom stereocenters. The number of halogens is 3. The highest BCUT2D eigenvalue weighted by Gasteiger charge is 2.34. The Labute approximate surface area is 216 Å². The number of para-hydroxylation sites is 1. The molecule has 1 atom stereocenters. The summed E-state index contributed by atoms with van der Waals surface area (Å²) >= 11 is 0. The first-order valence-electron chi connectivity index (χ1n) is 12.2. The van der Waals surface area contributed by atoms with Crippen LogP contribution in [0.3, 0.4) is 0 Å². The van der Waals surface area contributed by atoms with Crippen LogP contribution < -0.4 is 15.9 Å². The summed E-state index contributed by atoms with van der Waals surface area (Å²) in [7, 11) is 1.69. The van der Waals surface area contributed by atoms with Crippen LogP contribution in [0.1, 0.15) is 42.5 Å². The highest BCUT2D eigenvalue weighted by molar-refractivity contribution is 5.92. The number of fused-ring (bicyclic) bond motifs is 2. The maximum Gasteiger partial charge on any atom is 0.432 e. The number of nitrogens with zero attached hydrogens (tertiary/aromatic N) is 5. The second-order valence-electron chi connectivity index (χ2n) is 10.8. The average Bonchev–Trinajstić information content (AvgIpc) is 3.44. The average molecular weight is 528 g/mol. The molecule has 0 bridgehead atoms. The molecule has 200 valence electrons. The highest BCUT2D eigenvalue weighted by atomic mass is 19.4. The number of amides is 1. The Morgan fingerprint density at radius 3 is 2.58 bits per heavy atom. The summed E-state index contributed by atoms with van der Waals surface area (Å²) < 4.78 is 42.0. The lowest BCUT2D eigenvalue weighted by Crippen LogP contribution is -2.47. The van der Waals surface area contributed by atoms with Gasteiger partial charge in [-0.2, -0.15) is 18.3 Å². The fraction of sp³-hybridized carbons (Fsp3) is 0.385. The molecule has 0 fully saturated rings. The number of anilines is 2. The first kappa shape index (κ1) is 25.6. The Kier molecular flexibility index (Phi) is 6.07. The van der Waals surface area contributed by atoms with Crippen molar-refractivity contribution in [3.05, 3.63) is 69.9 Å². The number of aromatic nitrogens is 5. The minimum absolute atomic E-state index is 0.108. The quantitative estimate of drug-likeness (QED) is 0.418. The number of carbonyl (C=O) groups excluding carboxylic acids is 1. The smallest absolute Gasteiger partial charge is 0.346 e. The van der Waals surface area contributed by atoms with Crippen LogP contribution in [0, 0.1) is 5.41 Å². The van der Waals surface area contributed by atoms with Crippen molar-refractivity contribution >= 4 is 28.6 Å². The van der Waals surface area contributed by atoms with E-state index in [0.29, 0.717) is 37.0 Å². The maximum atomic E-state index is 13.0. The van der Waals surface area contributed by atoms with Crippen LogP contribution in [0.2, 0.25) is 0 Å². The summed E-state index contributed by atoms with van der Waals surface area (Å²) in [6.07, 6.45) is -4.14. The Balaban J connectivity index is 1.47. The number of rotatable bonds is 4. The molecule has 1 amide bonds. The number of H-pyrrole nitrogens is 1. The first-order chi connectivity index (χ1) is 17.8. The Bertz CT molecular complexity index is 1580. The molecule has 0 saturated carbocycles. The normalized spacial score (nSPS) is 16.1. The molecule has 1 aliphatic heterocycles. The van der Waals surface area contributed by atoms with Gasteiger partial charge in [0.1, 0.15) is 11.5 Å². The molecule has 3 aromatic heterocycles. The van der Waals surface area contributed by atoms with Gasteiger partial charge in [0.15, 0.2) is 11.3 Å². The van der Waals surface area contributed by atoms with Crippen molar-refractivity contribution < 1.29 is 18.0 Å². The summed E-state index contributed by atoms with van der Waals surface area (Å²) in [5.74, 6) is -0.113. The molecule has 12 heteroatoms. The summed E-state index contributed by atoms with van der Waals surface area (Å²) in [4.78, 5) is 32.5. The van der Waals surface area contributed by atoms with Gasteiger partial charge in [-0.15, -0.1) is 0 Å². The Morgan fingerprint density at radius 1 is 1.16 bits per heavy atom. The van der Waals surface area contributed by atoms with Gasteiger partial charge in [-0.25, -0.2) is 9.78 Å². The number of nitrogens with one attached hydrogen (secondary N) is 2. The summed E-state index contributed by atoms with van der Waals surface area (Å²) in [6.45, 7) is 7.05. The molecular weight excluding hydrogens is 499 g/mol. The van der Waals surface area contributed by atoms with E-state index in [1.54, 1.807) is 11.6 Å². The number of benzene rings is 1. The lowest BCUT2D eigenvalue weighted by atomic mass is 9.97. The zero-order valence-corrected chi connectivity index (χ0v) is 21.4. The first-order valence-corrected chi connectivity index (χ1v) is 12.2. The van der Waals surface area contributed by atoms with Crippen LogP contribution in [-0.4, -0.2) is 42.8 Å². The molecule has 9 nitrogen and oxygen atoms in total. The van der Waals surface area contributed by atoms with E-state index < -0.39 is 23.8 Å². The number of hydrogen-bond donors (Lipinski definition) is 2. The molecule has 5 rings (SSSR count). The fourth-order valence-electron chi connectivity index (χ4n) is 4.79. The van der Waals surface area contributed by atoms with Crippen molar-refractivity contribution in [2.45, 2.75) is 46.0 Å². The van der Waals surface area contributed by atoms with Crippen molar-refractivity contribution in [2.24, 2.45) is 12.5 Å². The van der Waals surface area contributed by atoms with E-state index in [1.165, 1.54) is 4.57 Å². The van der Waals surface area contributed by atoms with Crippen molar-refractivity contribution in [3.8, 4) is 0 Å². The van der Waals surface area contributed by atoms with Gasteiger partial charge >= 0.3 is 11.9 Å². The number of aryl methyl sites for hydroxylation is 1. The van der Waals surface area contributed by atoms with Crippen molar-refractivity contribution in [2.75, 3.05) is 11.4 Å². The standard InChI is InChI=1S/C26H28F3N7O2/c1-25(2,3)14-36-19-9-10-21(31-22(19)34(4)24(36)38)35-13-16(11-15-7-5-6-8-18(15)35)30-23(37)17-12-20(33-32-17)26(27,28)29/h5-10,12,16H,11,13-14H2,1-4H3,(H,30,37)(H,32,33). The molecule has 38 heavy (non-hydrogen) atoms. The van der Waals surface area contributed by atoms with Crippen LogP contribution in [-0.2, 0) is 26.2 Å². The molecule has 0 radical (unpaired) electrons. The lowest BCUT2D eigenvalue weighted by molar-refractivity contribution is -0.141. The Morgan fingerprint density at radius 2 is 1.89 bits per heavy atom. The second-order valence-corrected chi connectivity index (χ2v) is 10.8. The van der Waals surface area contributed by atoms with E-state index in [4.69, 9.17) is 4.98 Å². The monoisotopic (exact) mass is 527 g/mol. The third-order valence-electron chi connectivity index (χ3n) is 6.48. The summed E-state index contributed by atoms with van der Waals surface area (Å²) in [5.41, 5.74) is 1.44. The Hall–Kier alpha value is -4.09. The van der Waals surface area contributed by atoms with Gasteiger partial charge in [0.05, 0.1) is 11.6 Å². The van der Waals surface area contributed by atoms with Crippen LogP contribution in [0.15, 0.2) is 47.3 Å². The molecule has 1 aromatic carbocycles. The maximum absolute atomic E-state index is 13.0. The largest absolute Gasteiger partial charge is 0.432 e. The van der Waals surface area contributed by atoms with Crippen molar-refractivity contribution in [1.82, 2.24) is 29.6 Å². The van der Waals surface area contributed by atoms with Crippen LogP contribution >= 0.6 is 0 Å². The molecular formula is C26H28F3N7O2. The fourth-order valence-corrected chi connectivity index (χ4v) is 4.79. The van der Waals surface area contributed by atoms with Gasteiger partial charge in [-0.3, -0.25) is 19.0 Å². The van der Waals surface area contributed by atoms with E-state index in [1.807, 2.05) is 46.4 Å². The van der Waals surface area contributed by atoms with E-state index >= 15 is 0 Å². The minimum atomic E-state index is -4.62. The molecule has 1 aliphatic rings. The molecule has 4 aromatic rings. The van der Waals surface area contributed by atoms with E-state index in [0.717, 1.165) is 16.8 Å². The van der Waals surface area contributed by atoms with Crippen molar-refractivity contribution in [1.29, 1.82) is 0 Å². The van der Waals surface area contributed by atoms with Gasteiger partial charge in [0.25, 0.3) is 5.91 Å². The highest BCUT2D eigenvalue weighted by Crippen LogP contribution is 2.34.